The molecule has 0 saturated heterocycles. The van der Waals surface area contributed by atoms with Gasteiger partial charge in [-0.15, -0.1) is 0 Å². The predicted octanol–water partition coefficient (Wildman–Crippen LogP) is 2.64. The number of hydrogen-bond donors (Lipinski definition) is 2. The fourth-order valence-electron chi connectivity index (χ4n) is 1.84. The van der Waals surface area contributed by atoms with Crippen molar-refractivity contribution in [1.29, 1.82) is 0 Å². The highest BCUT2D eigenvalue weighted by Gasteiger charge is 2.22. The molecule has 88 valence electrons. The van der Waals surface area contributed by atoms with Crippen LogP contribution < -0.4 is 10.6 Å². The Bertz CT molecular complexity index is 534. The normalized spacial score (nSPS) is 14.9. The number of aromatic nitrogens is 2. The fraction of sp³-hybridized carbons (Fsp3) is 0.385. The second kappa shape index (κ2) is 4.20. The van der Waals surface area contributed by atoms with Gasteiger partial charge in [-0.2, -0.15) is 4.98 Å². The van der Waals surface area contributed by atoms with E-state index < -0.39 is 0 Å². The molecule has 0 atom stereocenters. The maximum atomic E-state index is 4.54. The van der Waals surface area contributed by atoms with Gasteiger partial charge >= 0.3 is 0 Å². The quantitative estimate of drug-likeness (QED) is 0.844. The molecule has 0 bridgehead atoms. The van der Waals surface area contributed by atoms with Crippen LogP contribution in [0.25, 0.3) is 10.9 Å². The highest BCUT2D eigenvalue weighted by Crippen LogP contribution is 2.28. The Kier molecular flexibility index (Phi) is 2.55. The van der Waals surface area contributed by atoms with Gasteiger partial charge in [0.25, 0.3) is 0 Å². The molecule has 0 aliphatic heterocycles. The van der Waals surface area contributed by atoms with E-state index in [1.165, 1.54) is 12.8 Å². The zero-order valence-electron chi connectivity index (χ0n) is 9.90. The van der Waals surface area contributed by atoms with E-state index >= 15 is 0 Å². The lowest BCUT2D eigenvalue weighted by molar-refractivity contribution is 1.07. The second-order valence-electron chi connectivity index (χ2n) is 4.36. The van der Waals surface area contributed by atoms with E-state index in [4.69, 9.17) is 0 Å². The lowest BCUT2D eigenvalue weighted by Gasteiger charge is -2.10. The summed E-state index contributed by atoms with van der Waals surface area (Å²) in [6.45, 7) is 2.88. The SMILES string of the molecule is CCNc1nc(NC2CC2)c2ccccc2n1. The molecule has 0 radical (unpaired) electrons. The third kappa shape index (κ3) is 2.16. The van der Waals surface area contributed by atoms with E-state index in [1.807, 2.05) is 25.1 Å². The van der Waals surface area contributed by atoms with Crippen molar-refractivity contribution in [3.05, 3.63) is 24.3 Å². The molecule has 1 aromatic carbocycles. The van der Waals surface area contributed by atoms with Gasteiger partial charge in [0.2, 0.25) is 5.95 Å². The molecule has 1 aromatic heterocycles. The summed E-state index contributed by atoms with van der Waals surface area (Å²) < 4.78 is 0. The van der Waals surface area contributed by atoms with Crippen molar-refractivity contribution in [3.63, 3.8) is 0 Å². The summed E-state index contributed by atoms with van der Waals surface area (Å²) in [6.07, 6.45) is 2.49. The Morgan fingerprint density at radius 3 is 2.82 bits per heavy atom. The fourth-order valence-corrected chi connectivity index (χ4v) is 1.84. The van der Waals surface area contributed by atoms with Gasteiger partial charge < -0.3 is 10.6 Å². The van der Waals surface area contributed by atoms with Crippen LogP contribution in [0, 0.1) is 0 Å². The van der Waals surface area contributed by atoms with E-state index in [1.54, 1.807) is 0 Å². The number of benzene rings is 1. The maximum Gasteiger partial charge on any atom is 0.225 e. The minimum Gasteiger partial charge on any atom is -0.367 e. The number of hydrogen-bond acceptors (Lipinski definition) is 4. The molecule has 0 spiro atoms. The zero-order valence-corrected chi connectivity index (χ0v) is 9.90. The van der Waals surface area contributed by atoms with E-state index in [9.17, 15) is 0 Å². The van der Waals surface area contributed by atoms with Crippen LogP contribution in [0.3, 0.4) is 0 Å². The van der Waals surface area contributed by atoms with Crippen LogP contribution >= 0.6 is 0 Å². The summed E-state index contributed by atoms with van der Waals surface area (Å²) in [6, 6.07) is 8.72. The van der Waals surface area contributed by atoms with Gasteiger partial charge in [0.1, 0.15) is 5.82 Å². The first-order valence-electron chi connectivity index (χ1n) is 6.14. The van der Waals surface area contributed by atoms with E-state index in [2.05, 4.69) is 26.7 Å². The van der Waals surface area contributed by atoms with Crippen LogP contribution in [0.4, 0.5) is 11.8 Å². The molecule has 1 aliphatic rings. The van der Waals surface area contributed by atoms with Gasteiger partial charge in [-0.3, -0.25) is 0 Å². The Labute approximate surface area is 100 Å². The standard InChI is InChI=1S/C13H16N4/c1-2-14-13-16-11-6-4-3-5-10(11)12(17-13)15-9-7-8-9/h3-6,9H,2,7-8H2,1H3,(H2,14,15,16,17). The molecule has 1 heterocycles. The van der Waals surface area contributed by atoms with Crippen LogP contribution in [-0.2, 0) is 0 Å². The summed E-state index contributed by atoms with van der Waals surface area (Å²) in [5.41, 5.74) is 0.988. The summed E-state index contributed by atoms with van der Waals surface area (Å²) >= 11 is 0. The topological polar surface area (TPSA) is 49.8 Å². The maximum absolute atomic E-state index is 4.54. The van der Waals surface area contributed by atoms with Gasteiger partial charge in [-0.25, -0.2) is 4.98 Å². The Balaban J connectivity index is 2.07. The third-order valence-corrected chi connectivity index (χ3v) is 2.86. The summed E-state index contributed by atoms with van der Waals surface area (Å²) in [5.74, 6) is 1.66. The minimum atomic E-state index is 0.600. The highest BCUT2D eigenvalue weighted by molar-refractivity contribution is 5.90. The average molecular weight is 228 g/mol. The number of para-hydroxylation sites is 1. The van der Waals surface area contributed by atoms with Crippen LogP contribution in [0.5, 0.6) is 0 Å². The summed E-state index contributed by atoms with van der Waals surface area (Å²) in [7, 11) is 0. The molecule has 4 nitrogen and oxygen atoms in total. The van der Waals surface area contributed by atoms with Crippen molar-refractivity contribution in [2.45, 2.75) is 25.8 Å². The van der Waals surface area contributed by atoms with E-state index in [0.29, 0.717) is 12.0 Å². The monoisotopic (exact) mass is 228 g/mol. The van der Waals surface area contributed by atoms with Gasteiger partial charge in [0, 0.05) is 18.0 Å². The third-order valence-electron chi connectivity index (χ3n) is 2.86. The van der Waals surface area contributed by atoms with Gasteiger partial charge in [-0.1, -0.05) is 12.1 Å². The molecule has 17 heavy (non-hydrogen) atoms. The van der Waals surface area contributed by atoms with Crippen molar-refractivity contribution in [3.8, 4) is 0 Å². The molecule has 0 amide bonds. The summed E-state index contributed by atoms with van der Waals surface area (Å²) in [4.78, 5) is 9.03. The molecule has 2 aromatic rings. The van der Waals surface area contributed by atoms with Gasteiger partial charge in [0.15, 0.2) is 0 Å². The lowest BCUT2D eigenvalue weighted by Crippen LogP contribution is -2.08. The molecule has 1 saturated carbocycles. The van der Waals surface area contributed by atoms with Crippen molar-refractivity contribution >= 4 is 22.7 Å². The van der Waals surface area contributed by atoms with Crippen LogP contribution in [-0.4, -0.2) is 22.6 Å². The first-order valence-corrected chi connectivity index (χ1v) is 6.14. The van der Waals surface area contributed by atoms with Crippen molar-refractivity contribution in [1.82, 2.24) is 9.97 Å². The van der Waals surface area contributed by atoms with Crippen molar-refractivity contribution in [2.24, 2.45) is 0 Å². The largest absolute Gasteiger partial charge is 0.367 e. The lowest BCUT2D eigenvalue weighted by atomic mass is 10.2. The Hall–Kier alpha value is -1.84. The average Bonchev–Trinajstić information content (AvgIpc) is 3.13. The summed E-state index contributed by atoms with van der Waals surface area (Å²) in [5, 5.41) is 7.74. The molecule has 0 unspecified atom stereocenters. The van der Waals surface area contributed by atoms with Crippen LogP contribution in [0.2, 0.25) is 0 Å². The number of nitrogens with one attached hydrogen (secondary N) is 2. The molecular formula is C13H16N4. The van der Waals surface area contributed by atoms with E-state index in [-0.39, 0.29) is 0 Å². The first kappa shape index (κ1) is 10.3. The van der Waals surface area contributed by atoms with Gasteiger partial charge in [-0.05, 0) is 31.9 Å². The molecule has 3 rings (SSSR count). The minimum absolute atomic E-state index is 0.600. The number of anilines is 2. The second-order valence-corrected chi connectivity index (χ2v) is 4.36. The van der Waals surface area contributed by atoms with Crippen molar-refractivity contribution < 1.29 is 0 Å². The Morgan fingerprint density at radius 1 is 1.24 bits per heavy atom. The first-order chi connectivity index (χ1) is 8.36. The Morgan fingerprint density at radius 2 is 2.06 bits per heavy atom. The smallest absolute Gasteiger partial charge is 0.225 e. The highest BCUT2D eigenvalue weighted by atomic mass is 15.2. The van der Waals surface area contributed by atoms with Crippen LogP contribution in [0.1, 0.15) is 19.8 Å². The molecular weight excluding hydrogens is 212 g/mol. The number of nitrogens with zero attached hydrogens (tertiary/aromatic N) is 2. The predicted molar refractivity (Wildman–Crippen MR) is 70.3 cm³/mol. The molecule has 1 aliphatic carbocycles. The number of fused-ring (bicyclic) bond motifs is 1. The van der Waals surface area contributed by atoms with E-state index in [0.717, 1.165) is 23.3 Å². The van der Waals surface area contributed by atoms with Gasteiger partial charge in [0.05, 0.1) is 5.52 Å². The van der Waals surface area contributed by atoms with Crippen LogP contribution in [0.15, 0.2) is 24.3 Å². The molecule has 2 N–H and O–H groups in total. The molecule has 1 fully saturated rings. The number of rotatable bonds is 4. The van der Waals surface area contributed by atoms with Crippen molar-refractivity contribution in [2.75, 3.05) is 17.2 Å². The zero-order chi connectivity index (χ0) is 11.7. The molecule has 4 heteroatoms.